The molecule has 0 aliphatic heterocycles. The molecule has 1 N–H and O–H groups in total. The van der Waals surface area contributed by atoms with Crippen molar-refractivity contribution < 1.29 is 9.42 Å². The van der Waals surface area contributed by atoms with Gasteiger partial charge in [-0.25, -0.2) is 0 Å². The van der Waals surface area contributed by atoms with Gasteiger partial charge in [0.1, 0.15) is 0 Å². The molecule has 3 nitrogen and oxygen atoms in total. The third-order valence-corrected chi connectivity index (χ3v) is 1.96. The van der Waals surface area contributed by atoms with Gasteiger partial charge >= 0.3 is 0 Å². The Bertz CT molecular complexity index is 125. The normalized spacial score (nSPS) is 14.1. The van der Waals surface area contributed by atoms with Crippen LogP contribution in [0, 0.1) is 0 Å². The van der Waals surface area contributed by atoms with Crippen molar-refractivity contribution in [2.24, 2.45) is 5.16 Å². The standard InChI is InChI=1S/C6H13NO2S/c1-10(9)6-4-2-3-5-7-8/h5,8H,2-4,6H2,1H3/b7-5-/t10-/m1/s1. The van der Waals surface area contributed by atoms with Gasteiger partial charge in [-0.15, -0.1) is 5.16 Å². The van der Waals surface area contributed by atoms with E-state index in [1.807, 2.05) is 0 Å². The minimum atomic E-state index is -0.678. The van der Waals surface area contributed by atoms with Gasteiger partial charge in [-0.2, -0.15) is 0 Å². The second kappa shape index (κ2) is 6.74. The molecular weight excluding hydrogens is 150 g/mol. The van der Waals surface area contributed by atoms with Crippen LogP contribution in [-0.2, 0) is 10.8 Å². The van der Waals surface area contributed by atoms with Crippen molar-refractivity contribution in [3.63, 3.8) is 0 Å². The summed E-state index contributed by atoms with van der Waals surface area (Å²) in [6, 6.07) is 0. The molecule has 0 aromatic heterocycles. The van der Waals surface area contributed by atoms with Gasteiger partial charge in [-0.3, -0.25) is 4.21 Å². The molecule has 0 radical (unpaired) electrons. The zero-order valence-corrected chi connectivity index (χ0v) is 6.93. The summed E-state index contributed by atoms with van der Waals surface area (Å²) in [6.45, 7) is 0. The minimum absolute atomic E-state index is 0.678. The van der Waals surface area contributed by atoms with Crippen LogP contribution >= 0.6 is 0 Å². The first-order valence-corrected chi connectivity index (χ1v) is 4.96. The Balaban J connectivity index is 2.98. The molecule has 0 bridgehead atoms. The summed E-state index contributed by atoms with van der Waals surface area (Å²) in [5.74, 6) is 0.749. The first-order valence-electron chi connectivity index (χ1n) is 3.23. The highest BCUT2D eigenvalue weighted by Gasteiger charge is 1.89. The molecule has 1 atom stereocenters. The van der Waals surface area contributed by atoms with E-state index in [4.69, 9.17) is 5.21 Å². The highest BCUT2D eigenvalue weighted by Crippen LogP contribution is 1.93. The third kappa shape index (κ3) is 7.62. The van der Waals surface area contributed by atoms with Crippen molar-refractivity contribution in [2.75, 3.05) is 12.0 Å². The van der Waals surface area contributed by atoms with Crippen molar-refractivity contribution in [3.05, 3.63) is 0 Å². The molecule has 0 saturated heterocycles. The highest BCUT2D eigenvalue weighted by atomic mass is 32.2. The fourth-order valence-electron chi connectivity index (χ4n) is 0.599. The van der Waals surface area contributed by atoms with Crippen LogP contribution in [0.2, 0.25) is 0 Å². The van der Waals surface area contributed by atoms with E-state index in [1.54, 1.807) is 6.26 Å². The van der Waals surface area contributed by atoms with Crippen LogP contribution in [0.15, 0.2) is 5.16 Å². The lowest BCUT2D eigenvalue weighted by atomic mass is 10.3. The lowest BCUT2D eigenvalue weighted by Gasteiger charge is -1.92. The Morgan fingerprint density at radius 3 is 2.80 bits per heavy atom. The molecule has 0 fully saturated rings. The second-order valence-corrected chi connectivity index (χ2v) is 3.63. The average Bonchev–Trinajstić information content (AvgIpc) is 1.87. The quantitative estimate of drug-likeness (QED) is 0.284. The predicted molar refractivity (Wildman–Crippen MR) is 43.1 cm³/mol. The summed E-state index contributed by atoms with van der Waals surface area (Å²) in [6.07, 6.45) is 5.81. The van der Waals surface area contributed by atoms with Crippen molar-refractivity contribution >= 4 is 17.0 Å². The van der Waals surface area contributed by atoms with Gasteiger partial charge in [-0.05, 0) is 19.3 Å². The summed E-state index contributed by atoms with van der Waals surface area (Å²) in [7, 11) is -0.678. The zero-order chi connectivity index (χ0) is 7.82. The molecule has 0 amide bonds. The van der Waals surface area contributed by atoms with Crippen molar-refractivity contribution in [3.8, 4) is 0 Å². The molecular formula is C6H13NO2S. The van der Waals surface area contributed by atoms with Crippen LogP contribution in [0.4, 0.5) is 0 Å². The molecule has 0 spiro atoms. The lowest BCUT2D eigenvalue weighted by molar-refractivity contribution is 0.320. The van der Waals surface area contributed by atoms with Crippen LogP contribution in [0.1, 0.15) is 19.3 Å². The molecule has 0 aliphatic carbocycles. The Hall–Kier alpha value is -0.380. The number of unbranched alkanes of at least 4 members (excludes halogenated alkanes) is 2. The Kier molecular flexibility index (Phi) is 6.48. The van der Waals surface area contributed by atoms with E-state index in [0.717, 1.165) is 25.0 Å². The van der Waals surface area contributed by atoms with E-state index in [1.165, 1.54) is 6.21 Å². The summed E-state index contributed by atoms with van der Waals surface area (Å²) >= 11 is 0. The fourth-order valence-corrected chi connectivity index (χ4v) is 1.21. The number of hydrogen-bond acceptors (Lipinski definition) is 3. The largest absolute Gasteiger partial charge is 0.411 e. The maximum absolute atomic E-state index is 10.5. The van der Waals surface area contributed by atoms with E-state index in [-0.39, 0.29) is 0 Å². The van der Waals surface area contributed by atoms with Crippen molar-refractivity contribution in [1.82, 2.24) is 0 Å². The van der Waals surface area contributed by atoms with Crippen molar-refractivity contribution in [1.29, 1.82) is 0 Å². The molecule has 10 heavy (non-hydrogen) atoms. The molecule has 4 heteroatoms. The summed E-state index contributed by atoms with van der Waals surface area (Å²) in [4.78, 5) is 0. The number of hydrogen-bond donors (Lipinski definition) is 1. The van der Waals surface area contributed by atoms with Gasteiger partial charge in [0.25, 0.3) is 0 Å². The van der Waals surface area contributed by atoms with Gasteiger partial charge in [0, 0.05) is 29.0 Å². The van der Waals surface area contributed by atoms with Crippen LogP contribution in [0.25, 0.3) is 0 Å². The maximum Gasteiger partial charge on any atom is 0.0435 e. The van der Waals surface area contributed by atoms with Gasteiger partial charge < -0.3 is 5.21 Å². The molecule has 0 aromatic rings. The number of rotatable bonds is 5. The zero-order valence-electron chi connectivity index (χ0n) is 6.12. The van der Waals surface area contributed by atoms with E-state index in [2.05, 4.69) is 5.16 Å². The van der Waals surface area contributed by atoms with Crippen LogP contribution in [0.5, 0.6) is 0 Å². The minimum Gasteiger partial charge on any atom is -0.411 e. The van der Waals surface area contributed by atoms with Crippen LogP contribution in [-0.4, -0.2) is 27.6 Å². The number of nitrogens with zero attached hydrogens (tertiary/aromatic N) is 1. The smallest absolute Gasteiger partial charge is 0.0435 e. The average molecular weight is 163 g/mol. The number of oxime groups is 1. The molecule has 0 heterocycles. The predicted octanol–water partition coefficient (Wildman–Crippen LogP) is 0.995. The van der Waals surface area contributed by atoms with Crippen molar-refractivity contribution in [2.45, 2.75) is 19.3 Å². The lowest BCUT2D eigenvalue weighted by Crippen LogP contribution is -1.93. The SMILES string of the molecule is C[S@@](=O)CCCC/C=N\O. The van der Waals surface area contributed by atoms with E-state index >= 15 is 0 Å². The van der Waals surface area contributed by atoms with Gasteiger partial charge in [0.15, 0.2) is 0 Å². The van der Waals surface area contributed by atoms with Gasteiger partial charge in [-0.1, -0.05) is 0 Å². The molecule has 0 unspecified atom stereocenters. The molecule has 0 aromatic carbocycles. The summed E-state index contributed by atoms with van der Waals surface area (Å²) in [5.41, 5.74) is 0. The van der Waals surface area contributed by atoms with E-state index in [9.17, 15) is 4.21 Å². The maximum atomic E-state index is 10.5. The summed E-state index contributed by atoms with van der Waals surface area (Å²) < 4.78 is 10.5. The second-order valence-electron chi connectivity index (χ2n) is 2.07. The van der Waals surface area contributed by atoms with E-state index in [0.29, 0.717) is 0 Å². The van der Waals surface area contributed by atoms with E-state index < -0.39 is 10.8 Å². The Morgan fingerprint density at radius 2 is 2.30 bits per heavy atom. The highest BCUT2D eigenvalue weighted by molar-refractivity contribution is 7.84. The van der Waals surface area contributed by atoms with Crippen LogP contribution < -0.4 is 0 Å². The molecule has 0 saturated carbocycles. The molecule has 0 aliphatic rings. The monoisotopic (exact) mass is 163 g/mol. The Morgan fingerprint density at radius 1 is 1.60 bits per heavy atom. The third-order valence-electron chi connectivity index (χ3n) is 1.10. The first-order chi connectivity index (χ1) is 4.77. The molecule has 60 valence electrons. The summed E-state index contributed by atoms with van der Waals surface area (Å²) in [5, 5.41) is 10.8. The van der Waals surface area contributed by atoms with Gasteiger partial charge in [0.05, 0.1) is 0 Å². The molecule has 0 rings (SSSR count). The Labute approximate surface area is 63.6 Å². The first kappa shape index (κ1) is 9.62. The topological polar surface area (TPSA) is 49.7 Å². The fraction of sp³-hybridized carbons (Fsp3) is 0.833. The van der Waals surface area contributed by atoms with Crippen LogP contribution in [0.3, 0.4) is 0 Å². The van der Waals surface area contributed by atoms with Gasteiger partial charge in [0.2, 0.25) is 0 Å².